The molecule has 0 radical (unpaired) electrons. The Morgan fingerprint density at radius 3 is 2.95 bits per heavy atom. The van der Waals surface area contributed by atoms with Gasteiger partial charge in [-0.1, -0.05) is 18.7 Å². The third kappa shape index (κ3) is 2.97. The van der Waals surface area contributed by atoms with Gasteiger partial charge in [0.15, 0.2) is 0 Å². The zero-order valence-electron chi connectivity index (χ0n) is 11.9. The summed E-state index contributed by atoms with van der Waals surface area (Å²) >= 11 is 1.47. The lowest BCUT2D eigenvalue weighted by atomic mass is 10.0. The van der Waals surface area contributed by atoms with E-state index in [-0.39, 0.29) is 5.91 Å². The highest BCUT2D eigenvalue weighted by Crippen LogP contribution is 2.36. The van der Waals surface area contributed by atoms with E-state index in [0.29, 0.717) is 17.8 Å². The maximum absolute atomic E-state index is 12.4. The van der Waals surface area contributed by atoms with Crippen LogP contribution in [-0.4, -0.2) is 49.4 Å². The molecular weight excluding hydrogens is 274 g/mol. The molecular formula is C13H21N5OS. The van der Waals surface area contributed by atoms with Gasteiger partial charge in [-0.3, -0.25) is 4.79 Å². The summed E-state index contributed by atoms with van der Waals surface area (Å²) in [4.78, 5) is 14.4. The molecule has 110 valence electrons. The van der Waals surface area contributed by atoms with Gasteiger partial charge in [0.2, 0.25) is 11.1 Å². The third-order valence-electron chi connectivity index (χ3n) is 4.10. The lowest BCUT2D eigenvalue weighted by molar-refractivity contribution is -0.132. The summed E-state index contributed by atoms with van der Waals surface area (Å²) in [6, 6.07) is 0.886. The van der Waals surface area contributed by atoms with Crippen molar-refractivity contribution in [3.05, 3.63) is 0 Å². The number of hydrogen-bond donors (Lipinski definition) is 0. The fourth-order valence-electron chi connectivity index (χ4n) is 2.79. The van der Waals surface area contributed by atoms with E-state index in [4.69, 9.17) is 0 Å². The minimum atomic E-state index is 0.229. The predicted octanol–water partition coefficient (Wildman–Crippen LogP) is 1.89. The van der Waals surface area contributed by atoms with Crippen molar-refractivity contribution in [2.75, 3.05) is 12.3 Å². The highest BCUT2D eigenvalue weighted by atomic mass is 32.2. The second-order valence-corrected chi connectivity index (χ2v) is 6.51. The fraction of sp³-hybridized carbons (Fsp3) is 0.846. The topological polar surface area (TPSA) is 63.9 Å². The number of thioether (sulfide) groups is 1. The van der Waals surface area contributed by atoms with Gasteiger partial charge in [0.05, 0.1) is 11.8 Å². The monoisotopic (exact) mass is 295 g/mol. The number of carbonyl (C=O) groups excluding carboxylic acids is 1. The van der Waals surface area contributed by atoms with Crippen LogP contribution in [0.5, 0.6) is 0 Å². The van der Waals surface area contributed by atoms with Crippen molar-refractivity contribution in [2.45, 2.75) is 62.7 Å². The molecule has 7 heteroatoms. The molecule has 2 heterocycles. The molecule has 1 aromatic heterocycles. The molecule has 2 fully saturated rings. The average molecular weight is 295 g/mol. The molecule has 2 aliphatic rings. The molecule has 6 nitrogen and oxygen atoms in total. The van der Waals surface area contributed by atoms with Crippen LogP contribution < -0.4 is 0 Å². The first-order valence-electron chi connectivity index (χ1n) is 7.49. The first kappa shape index (κ1) is 13.9. The molecule has 1 atom stereocenters. The minimum absolute atomic E-state index is 0.229. The first-order valence-corrected chi connectivity index (χ1v) is 8.48. The Morgan fingerprint density at radius 2 is 2.20 bits per heavy atom. The van der Waals surface area contributed by atoms with Gasteiger partial charge in [-0.25, -0.2) is 4.68 Å². The molecule has 1 saturated heterocycles. The van der Waals surface area contributed by atoms with Gasteiger partial charge in [-0.05, 0) is 49.0 Å². The standard InChI is InChI=1S/C13H21N5OS/c1-2-10-5-3-4-8-17(10)12(19)9-20-13-14-15-16-18(13)11-6-7-11/h10-11H,2-9H2,1H3. The summed E-state index contributed by atoms with van der Waals surface area (Å²) < 4.78 is 1.87. The lowest BCUT2D eigenvalue weighted by Crippen LogP contribution is -2.44. The number of amides is 1. The molecule has 1 unspecified atom stereocenters. The molecule has 0 aromatic carbocycles. The summed E-state index contributed by atoms with van der Waals surface area (Å²) in [6.07, 6.45) is 6.87. The second-order valence-electron chi connectivity index (χ2n) is 5.57. The summed E-state index contributed by atoms with van der Waals surface area (Å²) in [5.74, 6) is 0.677. The van der Waals surface area contributed by atoms with Crippen molar-refractivity contribution in [2.24, 2.45) is 0 Å². The Kier molecular flexibility index (Phi) is 4.24. The molecule has 20 heavy (non-hydrogen) atoms. The highest BCUT2D eigenvalue weighted by Gasteiger charge is 2.29. The van der Waals surface area contributed by atoms with Crippen molar-refractivity contribution >= 4 is 17.7 Å². The van der Waals surface area contributed by atoms with Crippen LogP contribution in [-0.2, 0) is 4.79 Å². The van der Waals surface area contributed by atoms with Gasteiger partial charge >= 0.3 is 0 Å². The van der Waals surface area contributed by atoms with Crippen LogP contribution in [0.15, 0.2) is 5.16 Å². The van der Waals surface area contributed by atoms with Crippen molar-refractivity contribution in [3.8, 4) is 0 Å². The summed E-state index contributed by atoms with van der Waals surface area (Å²) in [5.41, 5.74) is 0. The Hall–Kier alpha value is -1.11. The SMILES string of the molecule is CCC1CCCCN1C(=O)CSc1nnnn1C1CC1. The van der Waals surface area contributed by atoms with E-state index in [2.05, 4.69) is 27.3 Å². The van der Waals surface area contributed by atoms with E-state index in [1.807, 2.05) is 4.68 Å². The lowest BCUT2D eigenvalue weighted by Gasteiger charge is -2.35. The zero-order chi connectivity index (χ0) is 13.9. The number of nitrogens with zero attached hydrogens (tertiary/aromatic N) is 5. The van der Waals surface area contributed by atoms with Crippen LogP contribution in [0.3, 0.4) is 0 Å². The third-order valence-corrected chi connectivity index (χ3v) is 5.02. The van der Waals surface area contributed by atoms with E-state index < -0.39 is 0 Å². The van der Waals surface area contributed by atoms with Crippen LogP contribution in [0.2, 0.25) is 0 Å². The normalized spacial score (nSPS) is 23.1. The van der Waals surface area contributed by atoms with E-state index in [1.54, 1.807) is 0 Å². The van der Waals surface area contributed by atoms with Crippen molar-refractivity contribution in [1.82, 2.24) is 25.1 Å². The van der Waals surface area contributed by atoms with E-state index in [0.717, 1.165) is 43.8 Å². The summed E-state index contributed by atoms with van der Waals surface area (Å²) in [7, 11) is 0. The maximum atomic E-state index is 12.4. The zero-order valence-corrected chi connectivity index (χ0v) is 12.7. The number of tetrazole rings is 1. The van der Waals surface area contributed by atoms with Crippen molar-refractivity contribution in [3.63, 3.8) is 0 Å². The van der Waals surface area contributed by atoms with Gasteiger partial charge in [-0.2, -0.15) is 0 Å². The quantitative estimate of drug-likeness (QED) is 0.776. The molecule has 1 amide bonds. The largest absolute Gasteiger partial charge is 0.339 e. The Balaban J connectivity index is 1.56. The predicted molar refractivity (Wildman–Crippen MR) is 76.5 cm³/mol. The smallest absolute Gasteiger partial charge is 0.233 e. The number of hydrogen-bond acceptors (Lipinski definition) is 5. The second kappa shape index (κ2) is 6.11. The molecule has 1 aliphatic carbocycles. The van der Waals surface area contributed by atoms with Crippen LogP contribution in [0.4, 0.5) is 0 Å². The van der Waals surface area contributed by atoms with Gasteiger partial charge in [-0.15, -0.1) is 5.10 Å². The van der Waals surface area contributed by atoms with Gasteiger partial charge in [0.1, 0.15) is 0 Å². The van der Waals surface area contributed by atoms with Gasteiger partial charge < -0.3 is 4.90 Å². The Labute approximate surface area is 123 Å². The molecule has 1 saturated carbocycles. The number of rotatable bonds is 5. The average Bonchev–Trinajstić information content (AvgIpc) is 3.23. The van der Waals surface area contributed by atoms with Crippen molar-refractivity contribution < 1.29 is 4.79 Å². The Bertz CT molecular complexity index is 473. The fourth-order valence-corrected chi connectivity index (χ4v) is 3.62. The number of carbonyl (C=O) groups is 1. The molecule has 1 aliphatic heterocycles. The Morgan fingerprint density at radius 1 is 1.35 bits per heavy atom. The molecule has 0 spiro atoms. The van der Waals surface area contributed by atoms with E-state index in [9.17, 15) is 4.79 Å². The maximum Gasteiger partial charge on any atom is 0.233 e. The highest BCUT2D eigenvalue weighted by molar-refractivity contribution is 7.99. The summed E-state index contributed by atoms with van der Waals surface area (Å²) in [5, 5.41) is 12.5. The van der Waals surface area contributed by atoms with Crippen LogP contribution in [0.1, 0.15) is 51.5 Å². The van der Waals surface area contributed by atoms with Gasteiger partial charge in [0.25, 0.3) is 0 Å². The molecule has 1 aromatic rings. The van der Waals surface area contributed by atoms with E-state index in [1.165, 1.54) is 18.2 Å². The molecule has 3 rings (SSSR count). The minimum Gasteiger partial charge on any atom is -0.339 e. The van der Waals surface area contributed by atoms with E-state index >= 15 is 0 Å². The van der Waals surface area contributed by atoms with Gasteiger partial charge in [0, 0.05) is 12.6 Å². The number of likely N-dealkylation sites (tertiary alicyclic amines) is 1. The van der Waals surface area contributed by atoms with Crippen LogP contribution in [0.25, 0.3) is 0 Å². The van der Waals surface area contributed by atoms with Crippen molar-refractivity contribution in [1.29, 1.82) is 0 Å². The molecule has 0 bridgehead atoms. The number of piperidine rings is 1. The van der Waals surface area contributed by atoms with Crippen LogP contribution in [0, 0.1) is 0 Å². The summed E-state index contributed by atoms with van der Waals surface area (Å²) in [6.45, 7) is 3.07. The number of aromatic nitrogens is 4. The van der Waals surface area contributed by atoms with Crippen LogP contribution >= 0.6 is 11.8 Å². The molecule has 0 N–H and O–H groups in total. The first-order chi connectivity index (χ1) is 9.79.